The summed E-state index contributed by atoms with van der Waals surface area (Å²) in [6.07, 6.45) is 3.53. The molecule has 1 unspecified atom stereocenters. The third-order valence-electron chi connectivity index (χ3n) is 5.82. The van der Waals surface area contributed by atoms with Crippen LogP contribution in [-0.4, -0.2) is 62.2 Å². The first-order chi connectivity index (χ1) is 12.6. The van der Waals surface area contributed by atoms with E-state index in [2.05, 4.69) is 70.5 Å². The minimum atomic E-state index is 0.530. The van der Waals surface area contributed by atoms with Gasteiger partial charge in [0.15, 0.2) is 5.96 Å². The second kappa shape index (κ2) is 8.76. The Morgan fingerprint density at radius 3 is 2.65 bits per heavy atom. The fraction of sp³-hybridized carbons (Fsp3) is 0.667. The Morgan fingerprint density at radius 2 is 1.96 bits per heavy atom. The number of para-hydroxylation sites is 1. The van der Waals surface area contributed by atoms with Crippen molar-refractivity contribution >= 4 is 11.6 Å². The number of nitrogens with one attached hydrogen (secondary N) is 2. The molecular weight excluding hydrogens is 322 g/mol. The van der Waals surface area contributed by atoms with Crippen LogP contribution in [0.25, 0.3) is 0 Å². The van der Waals surface area contributed by atoms with Crippen LogP contribution in [0.15, 0.2) is 29.3 Å². The number of guanidine groups is 1. The molecule has 144 valence electrons. The number of fused-ring (bicyclic) bond motifs is 1. The highest BCUT2D eigenvalue weighted by Gasteiger charge is 2.25. The van der Waals surface area contributed by atoms with E-state index in [0.717, 1.165) is 25.5 Å². The molecule has 0 saturated carbocycles. The van der Waals surface area contributed by atoms with E-state index in [1.807, 2.05) is 7.05 Å². The lowest BCUT2D eigenvalue weighted by Crippen LogP contribution is -2.50. The summed E-state index contributed by atoms with van der Waals surface area (Å²) in [6.45, 7) is 11.1. The van der Waals surface area contributed by atoms with Crippen molar-refractivity contribution in [3.8, 4) is 0 Å². The summed E-state index contributed by atoms with van der Waals surface area (Å²) in [6, 6.07) is 10.5. The molecule has 2 N–H and O–H groups in total. The molecule has 2 aliphatic heterocycles. The predicted octanol–water partition coefficient (Wildman–Crippen LogP) is 2.48. The van der Waals surface area contributed by atoms with Crippen molar-refractivity contribution in [1.82, 2.24) is 15.5 Å². The number of nitrogens with zero attached hydrogens (tertiary/aromatic N) is 3. The monoisotopic (exact) mass is 357 g/mol. The van der Waals surface area contributed by atoms with Gasteiger partial charge < -0.3 is 20.4 Å². The normalized spacial score (nSPS) is 22.0. The summed E-state index contributed by atoms with van der Waals surface area (Å²) in [4.78, 5) is 9.49. The average molecular weight is 358 g/mol. The van der Waals surface area contributed by atoms with Crippen LogP contribution in [0.4, 0.5) is 5.69 Å². The quantitative estimate of drug-likeness (QED) is 0.628. The van der Waals surface area contributed by atoms with Crippen molar-refractivity contribution in [1.29, 1.82) is 0 Å². The van der Waals surface area contributed by atoms with Gasteiger partial charge >= 0.3 is 0 Å². The van der Waals surface area contributed by atoms with Crippen molar-refractivity contribution in [2.45, 2.75) is 58.2 Å². The van der Waals surface area contributed by atoms with Gasteiger partial charge in [0.05, 0.1) is 0 Å². The van der Waals surface area contributed by atoms with Crippen LogP contribution in [0, 0.1) is 0 Å². The highest BCUT2D eigenvalue weighted by atomic mass is 15.2. The highest BCUT2D eigenvalue weighted by molar-refractivity contribution is 5.80. The maximum Gasteiger partial charge on any atom is 0.191 e. The van der Waals surface area contributed by atoms with Crippen LogP contribution in [0.2, 0.25) is 0 Å². The molecule has 5 nitrogen and oxygen atoms in total. The fourth-order valence-electron chi connectivity index (χ4n) is 4.21. The highest BCUT2D eigenvalue weighted by Crippen LogP contribution is 2.31. The first-order valence-electron chi connectivity index (χ1n) is 10.1. The molecule has 0 spiro atoms. The minimum Gasteiger partial charge on any atom is -0.367 e. The van der Waals surface area contributed by atoms with Gasteiger partial charge in [0.1, 0.15) is 0 Å². The fourth-order valence-corrected chi connectivity index (χ4v) is 4.21. The van der Waals surface area contributed by atoms with E-state index in [1.165, 1.54) is 37.2 Å². The maximum absolute atomic E-state index is 4.43. The molecule has 3 rings (SSSR count). The Labute approximate surface area is 158 Å². The number of piperidine rings is 1. The van der Waals surface area contributed by atoms with Crippen LogP contribution in [-0.2, 0) is 6.42 Å². The average Bonchev–Trinajstić information content (AvgIpc) is 2.96. The third-order valence-corrected chi connectivity index (χ3v) is 5.82. The van der Waals surface area contributed by atoms with Crippen LogP contribution in [0.5, 0.6) is 0 Å². The van der Waals surface area contributed by atoms with E-state index in [0.29, 0.717) is 18.1 Å². The Kier molecular flexibility index (Phi) is 6.41. The summed E-state index contributed by atoms with van der Waals surface area (Å²) >= 11 is 0. The number of aliphatic imine (C=N–C) groups is 1. The van der Waals surface area contributed by atoms with Gasteiger partial charge in [-0.3, -0.25) is 4.99 Å². The molecule has 0 amide bonds. The van der Waals surface area contributed by atoms with Crippen LogP contribution in [0.3, 0.4) is 0 Å². The maximum atomic E-state index is 4.43. The van der Waals surface area contributed by atoms with E-state index in [4.69, 9.17) is 0 Å². The van der Waals surface area contributed by atoms with Gasteiger partial charge in [-0.05, 0) is 51.7 Å². The van der Waals surface area contributed by atoms with Gasteiger partial charge in [0.25, 0.3) is 0 Å². The van der Waals surface area contributed by atoms with Crippen molar-refractivity contribution in [3.63, 3.8) is 0 Å². The molecule has 1 aromatic carbocycles. The lowest BCUT2D eigenvalue weighted by Gasteiger charge is -2.35. The van der Waals surface area contributed by atoms with Crippen molar-refractivity contribution in [2.24, 2.45) is 4.99 Å². The zero-order chi connectivity index (χ0) is 18.5. The van der Waals surface area contributed by atoms with Crippen LogP contribution >= 0.6 is 0 Å². The molecular formula is C21H35N5. The van der Waals surface area contributed by atoms with Crippen molar-refractivity contribution in [3.05, 3.63) is 29.8 Å². The largest absolute Gasteiger partial charge is 0.367 e. The Morgan fingerprint density at radius 1 is 1.23 bits per heavy atom. The molecule has 0 aliphatic carbocycles. The topological polar surface area (TPSA) is 42.9 Å². The summed E-state index contributed by atoms with van der Waals surface area (Å²) < 4.78 is 0. The number of anilines is 1. The molecule has 26 heavy (non-hydrogen) atoms. The smallest absolute Gasteiger partial charge is 0.191 e. The first-order valence-corrected chi connectivity index (χ1v) is 10.1. The molecule has 0 aromatic heterocycles. The van der Waals surface area contributed by atoms with E-state index < -0.39 is 0 Å². The van der Waals surface area contributed by atoms with E-state index in [9.17, 15) is 0 Å². The third kappa shape index (κ3) is 4.50. The molecule has 0 radical (unpaired) electrons. The number of hydrogen-bond acceptors (Lipinski definition) is 3. The van der Waals surface area contributed by atoms with E-state index in [1.54, 1.807) is 0 Å². The molecule has 2 heterocycles. The van der Waals surface area contributed by atoms with E-state index >= 15 is 0 Å². The molecule has 1 saturated heterocycles. The minimum absolute atomic E-state index is 0.530. The summed E-state index contributed by atoms with van der Waals surface area (Å²) in [5, 5.41) is 7.13. The number of likely N-dealkylation sites (tertiary alicyclic amines) is 1. The zero-order valence-corrected chi connectivity index (χ0v) is 16.8. The number of rotatable bonds is 5. The van der Waals surface area contributed by atoms with Gasteiger partial charge in [-0.2, -0.15) is 0 Å². The Balaban J connectivity index is 1.44. The molecule has 1 fully saturated rings. The van der Waals surface area contributed by atoms with Crippen molar-refractivity contribution in [2.75, 3.05) is 38.1 Å². The molecule has 1 atom stereocenters. The second-order valence-corrected chi connectivity index (χ2v) is 7.92. The van der Waals surface area contributed by atoms with Gasteiger partial charge in [0.2, 0.25) is 0 Å². The Hall–Kier alpha value is -1.75. The number of benzene rings is 1. The summed E-state index contributed by atoms with van der Waals surface area (Å²) in [7, 11) is 1.87. The van der Waals surface area contributed by atoms with Gasteiger partial charge in [-0.15, -0.1) is 0 Å². The second-order valence-electron chi connectivity index (χ2n) is 7.92. The van der Waals surface area contributed by atoms with Crippen LogP contribution in [0.1, 0.15) is 39.2 Å². The lowest BCUT2D eigenvalue weighted by molar-refractivity contribution is 0.167. The SMILES string of the molecule is CN=C(NCCN1c2ccccc2CC1C)NC1CCN(C(C)C)CC1. The van der Waals surface area contributed by atoms with Gasteiger partial charge in [-0.25, -0.2) is 0 Å². The van der Waals surface area contributed by atoms with E-state index in [-0.39, 0.29) is 0 Å². The molecule has 5 heteroatoms. The zero-order valence-electron chi connectivity index (χ0n) is 16.8. The predicted molar refractivity (Wildman–Crippen MR) is 111 cm³/mol. The van der Waals surface area contributed by atoms with Gasteiger partial charge in [-0.1, -0.05) is 18.2 Å². The lowest BCUT2D eigenvalue weighted by atomic mass is 10.0. The molecule has 1 aromatic rings. The molecule has 2 aliphatic rings. The first kappa shape index (κ1) is 19.0. The van der Waals surface area contributed by atoms with Gasteiger partial charge in [0, 0.05) is 57.0 Å². The molecule has 0 bridgehead atoms. The Bertz CT molecular complexity index is 604. The number of hydrogen-bond donors (Lipinski definition) is 2. The summed E-state index contributed by atoms with van der Waals surface area (Å²) in [5.41, 5.74) is 2.87. The summed E-state index contributed by atoms with van der Waals surface area (Å²) in [5.74, 6) is 0.938. The standard InChI is InChI=1S/C21H35N5/c1-16(2)25-12-9-19(10-13-25)24-21(22-4)23-11-14-26-17(3)15-18-7-5-6-8-20(18)26/h5-8,16-17,19H,9-15H2,1-4H3,(H2,22,23,24). The van der Waals surface area contributed by atoms with Crippen molar-refractivity contribution < 1.29 is 0 Å². The van der Waals surface area contributed by atoms with Crippen LogP contribution < -0.4 is 15.5 Å².